The number of carbonyl (C=O) groups is 16. The number of rotatable bonds is 38. The number of aliphatic hydroxyl groups excluding tert-OH is 4. The minimum Gasteiger partial charge on any atom is -0.508 e. The predicted molar refractivity (Wildman–Crippen MR) is 427 cm³/mol. The Kier molecular flexibility index (Phi) is 41.8. The zero-order valence-corrected chi connectivity index (χ0v) is 69.4. The quantitative estimate of drug-likeness (QED) is 0.0127. The number of fused-ring (bicyclic) bond motifs is 1. The molecule has 119 heavy (non-hydrogen) atoms. The molecule has 6 unspecified atom stereocenters. The number of aliphatic imine (C=N–C) groups is 2. The van der Waals surface area contributed by atoms with Gasteiger partial charge in [-0.05, 0) is 119 Å². The van der Waals surface area contributed by atoms with E-state index in [1.807, 2.05) is 13.8 Å². The summed E-state index contributed by atoms with van der Waals surface area (Å²) in [6.07, 6.45) is -15.5. The molecular formula is C75H125N21O23. The van der Waals surface area contributed by atoms with Gasteiger partial charge in [0.25, 0.3) is 5.91 Å². The van der Waals surface area contributed by atoms with Gasteiger partial charge in [0.1, 0.15) is 84.5 Å². The Morgan fingerprint density at radius 3 is 1.74 bits per heavy atom. The highest BCUT2D eigenvalue weighted by atomic mass is 16.5. The number of primary amides is 4. The summed E-state index contributed by atoms with van der Waals surface area (Å²) in [6, 6.07) is -16.1. The molecule has 2 heterocycles. The number of carbonyl (C=O) groups excluding carboxylic acids is 16. The van der Waals surface area contributed by atoms with Crippen LogP contribution in [0.15, 0.2) is 34.3 Å². The number of amides is 15. The van der Waals surface area contributed by atoms with Crippen molar-refractivity contribution in [2.24, 2.45) is 91.4 Å². The molecule has 2 aliphatic heterocycles. The Bertz CT molecular complexity index is 3750. The number of phenols is 1. The Balaban J connectivity index is 2.43. The van der Waals surface area contributed by atoms with Crippen molar-refractivity contribution in [3.8, 4) is 5.75 Å². The molecular weight excluding hydrogens is 1560 g/mol. The monoisotopic (exact) mass is 1690 g/mol. The molecule has 21 atom stereocenters. The van der Waals surface area contributed by atoms with Crippen LogP contribution in [0, 0.1) is 35.5 Å². The second kappa shape index (κ2) is 48.7. The van der Waals surface area contributed by atoms with Gasteiger partial charge in [-0.1, -0.05) is 67.5 Å². The van der Waals surface area contributed by atoms with Crippen LogP contribution in [0.3, 0.4) is 0 Å². The number of phenolic OH excluding ortho intramolecular Hbond substituents is 1. The summed E-state index contributed by atoms with van der Waals surface area (Å²) < 4.78 is 11.8. The van der Waals surface area contributed by atoms with Gasteiger partial charge in [0.05, 0.1) is 37.0 Å². The van der Waals surface area contributed by atoms with Crippen molar-refractivity contribution in [3.05, 3.63) is 29.8 Å². The number of aliphatic hydroxyl groups is 4. The molecule has 668 valence electrons. The second-order valence-corrected chi connectivity index (χ2v) is 31.2. The number of hydrogen-bond donors (Lipinski definition) is 22. The average Bonchev–Trinajstić information content (AvgIpc) is 0.995. The molecule has 2 aliphatic rings. The number of esters is 1. The zero-order valence-electron chi connectivity index (χ0n) is 69.4. The lowest BCUT2D eigenvalue weighted by Crippen LogP contribution is -2.65. The maximum absolute atomic E-state index is 15.4. The fourth-order valence-electron chi connectivity index (χ4n) is 13.7. The first kappa shape index (κ1) is 102. The molecule has 0 saturated carbocycles. The van der Waals surface area contributed by atoms with Gasteiger partial charge in [-0.15, -0.1) is 0 Å². The van der Waals surface area contributed by atoms with Crippen LogP contribution in [-0.4, -0.2) is 273 Å². The molecule has 44 heteroatoms. The summed E-state index contributed by atoms with van der Waals surface area (Å²) in [7, 11) is 2.25. The van der Waals surface area contributed by atoms with Crippen LogP contribution >= 0.6 is 0 Å². The van der Waals surface area contributed by atoms with Crippen molar-refractivity contribution >= 4 is 106 Å². The van der Waals surface area contributed by atoms with Gasteiger partial charge in [0, 0.05) is 46.1 Å². The number of nitrogens with zero attached hydrogens (tertiary/aromatic N) is 4. The third-order valence-corrected chi connectivity index (χ3v) is 20.6. The Morgan fingerprint density at radius 1 is 0.613 bits per heavy atom. The van der Waals surface area contributed by atoms with Gasteiger partial charge < -0.3 is 139 Å². The van der Waals surface area contributed by atoms with E-state index >= 15 is 33.6 Å². The van der Waals surface area contributed by atoms with E-state index in [1.54, 1.807) is 20.8 Å². The molecule has 2 saturated heterocycles. The number of ether oxygens (including phenoxy) is 2. The van der Waals surface area contributed by atoms with Crippen molar-refractivity contribution in [2.45, 2.75) is 256 Å². The molecule has 1 aromatic rings. The molecule has 15 amide bonds. The Hall–Kier alpha value is -11.1. The van der Waals surface area contributed by atoms with E-state index in [9.17, 15) is 68.7 Å². The first-order valence-electron chi connectivity index (χ1n) is 39.3. The fourth-order valence-corrected chi connectivity index (χ4v) is 13.7. The molecule has 30 N–H and O–H groups in total. The lowest BCUT2D eigenvalue weighted by molar-refractivity contribution is -0.164. The smallest absolute Gasteiger partial charge is 0.329 e. The number of hydrogen-bond acceptors (Lipinski definition) is 25. The number of likely N-dealkylation sites (N-methyl/N-ethyl adjacent to an activating group) is 1. The summed E-state index contributed by atoms with van der Waals surface area (Å²) in [5, 5.41) is 78.3. The number of aromatic hydroxyl groups is 1. The van der Waals surface area contributed by atoms with Gasteiger partial charge in [0.15, 0.2) is 18.0 Å². The minimum atomic E-state index is -2.71. The highest BCUT2D eigenvalue weighted by Gasteiger charge is 2.47. The molecule has 44 nitrogen and oxygen atoms in total. The van der Waals surface area contributed by atoms with Crippen LogP contribution in [0.1, 0.15) is 164 Å². The summed E-state index contributed by atoms with van der Waals surface area (Å²) in [4.78, 5) is 239. The van der Waals surface area contributed by atoms with Gasteiger partial charge in [-0.25, -0.2) is 4.79 Å². The van der Waals surface area contributed by atoms with Crippen molar-refractivity contribution in [3.63, 3.8) is 0 Å². The summed E-state index contributed by atoms with van der Waals surface area (Å²) >= 11 is 0. The lowest BCUT2D eigenvalue weighted by atomic mass is 9.87. The summed E-state index contributed by atoms with van der Waals surface area (Å²) in [5.74, 6) is -25.4. The van der Waals surface area contributed by atoms with E-state index in [0.717, 1.165) is 37.8 Å². The van der Waals surface area contributed by atoms with Crippen LogP contribution in [0.5, 0.6) is 5.75 Å². The van der Waals surface area contributed by atoms with Crippen LogP contribution in [0.25, 0.3) is 0 Å². The van der Waals surface area contributed by atoms with Crippen molar-refractivity contribution in [1.82, 2.24) is 57.7 Å². The molecule has 0 aliphatic carbocycles. The largest absolute Gasteiger partial charge is 0.508 e. The van der Waals surface area contributed by atoms with Gasteiger partial charge in [0.2, 0.25) is 82.7 Å². The van der Waals surface area contributed by atoms with Crippen molar-refractivity contribution in [1.29, 1.82) is 0 Å². The van der Waals surface area contributed by atoms with Gasteiger partial charge in [-0.2, -0.15) is 0 Å². The number of nitrogens with two attached hydrogens (primary N) is 8. The SMILES string of the molecule is COC(c1ccc(O)cc1)C1NC(=O)[C@H](CCC(N)=O)N(C)C(=O)[C@H](CC(C)C)NC(=O)[C@@H](CCCN=C(N)N)NC(=O)[C@@H]([C@@H](C)O)NC(=O)[C@H](NC(=O)[C@@H](NC(=O)C(O)[C@H](O)[C@H](CCCN=C(N)N)NC(=O)[C@H](CC(N)=O)NC(=O)C(C)C(O)C(C)CC(C)C)[C@@H](C)[C@@H](C)C(N)=O)[C@@H](C)OC(=O)[C@@H]2CCCCN2C(=O)[C@@H](CC(N)=O)NC1=O. The molecule has 1 aromatic carbocycles. The third-order valence-electron chi connectivity index (χ3n) is 20.6. The topological polar surface area (TPSA) is 740 Å². The fraction of sp³-hybridized carbons (Fsp3) is 0.680. The normalized spacial score (nSPS) is 23.3. The van der Waals surface area contributed by atoms with E-state index < -0.39 is 259 Å². The predicted octanol–water partition coefficient (Wildman–Crippen LogP) is -7.69. The number of cyclic esters (lactones) is 1. The first-order valence-corrected chi connectivity index (χ1v) is 39.3. The first-order chi connectivity index (χ1) is 55.5. The van der Waals surface area contributed by atoms with Gasteiger partial charge >= 0.3 is 5.97 Å². The van der Waals surface area contributed by atoms with Crippen LogP contribution in [-0.2, 0) is 86.2 Å². The second-order valence-electron chi connectivity index (χ2n) is 31.2. The third kappa shape index (κ3) is 32.3. The van der Waals surface area contributed by atoms with Crippen molar-refractivity contribution in [2.75, 3.05) is 33.8 Å². The molecule has 0 bridgehead atoms. The minimum absolute atomic E-state index is 0.0999. The van der Waals surface area contributed by atoms with Crippen LogP contribution < -0.4 is 93.7 Å². The summed E-state index contributed by atoms with van der Waals surface area (Å²) in [5.41, 5.74) is 45.0. The molecule has 0 spiro atoms. The number of benzene rings is 1. The maximum atomic E-state index is 15.4. The number of piperidine rings is 1. The summed E-state index contributed by atoms with van der Waals surface area (Å²) in [6.45, 7) is 14.0. The van der Waals surface area contributed by atoms with Gasteiger partial charge in [-0.3, -0.25) is 81.9 Å². The lowest BCUT2D eigenvalue weighted by Gasteiger charge is -2.38. The van der Waals surface area contributed by atoms with E-state index in [1.165, 1.54) is 45.0 Å². The molecule has 0 aromatic heterocycles. The highest BCUT2D eigenvalue weighted by Crippen LogP contribution is 2.28. The molecule has 2 fully saturated rings. The molecule has 0 radical (unpaired) electrons. The number of nitrogens with one attached hydrogen (secondary N) is 9. The van der Waals surface area contributed by atoms with Crippen LogP contribution in [0.4, 0.5) is 0 Å². The Labute approximate surface area is 689 Å². The number of methoxy groups -OCH3 is 1. The van der Waals surface area contributed by atoms with E-state index in [-0.39, 0.29) is 93.7 Å². The average molecular weight is 1690 g/mol. The number of guanidine groups is 2. The Morgan fingerprint density at radius 2 is 1.19 bits per heavy atom. The zero-order chi connectivity index (χ0) is 90.3. The maximum Gasteiger partial charge on any atom is 0.329 e. The standard InChI is InChI=1S/C75H125N21O23/c1-33(2)29-35(5)57(102)38(8)62(106)88-45(31-51(77)100)64(108)86-43(17-15-26-84-74(80)81)58(103)59(104)70(114)91-53(36(6)37(7)61(79)105)66(110)93-55-40(10)119-73(117)49-19-13-14-28-96(49)72(116)47(32-52(78)101)90-69(113)56(60(118-12)41-20-22-42(98)23-21-41)94-65(109)48(24-25-50(76)99)95(11)71(115)46(30-34(3)4)89-63(107)44(18-16-27-85-75(82)83)87-67(111)54(39(9)97)92-68(55)112/h20-23,33-40,43-49,53-60,97-98,102-104H,13-19,24-32H2,1-12H3,(H2,76,99)(H2,77,100)(H2,78,101)(H2,79,105)(H,86,108)(H,87,111)(H,88,106)(H,89,107)(H,90,113)(H,91,114)(H,92,112)(H,93,110)(H,94,109)(H4,80,81,84)(H4,82,83,85)/t35?,36-,37+,38?,39+,40+,43-,44+,45-,46-,47+,48-,49-,53-,54+,55+,56?,57?,58+,59?,60?/m0/s1. The van der Waals surface area contributed by atoms with E-state index in [4.69, 9.17) is 55.3 Å². The van der Waals surface area contributed by atoms with E-state index in [0.29, 0.717) is 6.42 Å². The van der Waals surface area contributed by atoms with Crippen LogP contribution in [0.2, 0.25) is 0 Å². The van der Waals surface area contributed by atoms with Crippen molar-refractivity contribution < 1.29 is 112 Å². The molecule has 3 rings (SSSR count). The highest BCUT2D eigenvalue weighted by molar-refractivity contribution is 6.01. The van der Waals surface area contributed by atoms with E-state index in [2.05, 4.69) is 57.8 Å².